The first-order chi connectivity index (χ1) is 9.83. The van der Waals surface area contributed by atoms with Crippen LogP contribution in [0.3, 0.4) is 0 Å². The van der Waals surface area contributed by atoms with Crippen LogP contribution in [0.4, 0.5) is 0 Å². The lowest BCUT2D eigenvalue weighted by molar-refractivity contribution is 0.542. The maximum absolute atomic E-state index is 12.2. The highest BCUT2D eigenvalue weighted by atomic mass is 32.1. The molecule has 110 valence electrons. The zero-order chi connectivity index (χ0) is 14.2. The third-order valence-electron chi connectivity index (χ3n) is 3.49. The highest BCUT2D eigenvalue weighted by molar-refractivity contribution is 7.80. The van der Waals surface area contributed by atoms with Crippen molar-refractivity contribution in [2.75, 3.05) is 5.75 Å². The lowest BCUT2D eigenvalue weighted by Gasteiger charge is -2.05. The van der Waals surface area contributed by atoms with Crippen LogP contribution in [0.5, 0.6) is 0 Å². The van der Waals surface area contributed by atoms with E-state index in [-0.39, 0.29) is 5.56 Å². The van der Waals surface area contributed by atoms with Crippen molar-refractivity contribution in [1.29, 1.82) is 0 Å². The molecule has 0 fully saturated rings. The van der Waals surface area contributed by atoms with Crippen LogP contribution in [0.25, 0.3) is 10.2 Å². The Kier molecular flexibility index (Phi) is 6.60. The highest BCUT2D eigenvalue weighted by Crippen LogP contribution is 2.13. The Labute approximate surface area is 129 Å². The van der Waals surface area contributed by atoms with Gasteiger partial charge in [-0.2, -0.15) is 12.6 Å². The predicted octanol–water partition coefficient (Wildman–Crippen LogP) is 4.12. The SMILES string of the molecule is O=c1c2sccc2ncn1CCCCCCCCCS. The van der Waals surface area contributed by atoms with E-state index < -0.39 is 0 Å². The van der Waals surface area contributed by atoms with Crippen LogP contribution in [0.15, 0.2) is 22.6 Å². The molecular weight excluding hydrogens is 288 g/mol. The molecule has 0 unspecified atom stereocenters. The third-order valence-corrected chi connectivity index (χ3v) is 4.70. The first kappa shape index (κ1) is 15.6. The van der Waals surface area contributed by atoms with Gasteiger partial charge < -0.3 is 0 Å². The van der Waals surface area contributed by atoms with Gasteiger partial charge in [0.1, 0.15) is 4.70 Å². The average molecular weight is 310 g/mol. The van der Waals surface area contributed by atoms with E-state index in [4.69, 9.17) is 0 Å². The first-order valence-corrected chi connectivity index (χ1v) is 8.87. The number of nitrogens with zero attached hydrogens (tertiary/aromatic N) is 2. The molecule has 20 heavy (non-hydrogen) atoms. The fourth-order valence-corrected chi connectivity index (χ4v) is 3.33. The van der Waals surface area contributed by atoms with Gasteiger partial charge in [0.2, 0.25) is 0 Å². The largest absolute Gasteiger partial charge is 0.298 e. The number of hydrogen-bond acceptors (Lipinski definition) is 4. The minimum atomic E-state index is 0.110. The van der Waals surface area contributed by atoms with Crippen molar-refractivity contribution in [3.05, 3.63) is 28.1 Å². The van der Waals surface area contributed by atoms with E-state index in [0.717, 1.165) is 28.9 Å². The number of hydrogen-bond donors (Lipinski definition) is 1. The maximum atomic E-state index is 12.2. The van der Waals surface area contributed by atoms with Crippen LogP contribution >= 0.6 is 24.0 Å². The quantitative estimate of drug-likeness (QED) is 0.558. The minimum Gasteiger partial charge on any atom is -0.298 e. The fraction of sp³-hybridized carbons (Fsp3) is 0.600. The smallest absolute Gasteiger partial charge is 0.271 e. The second kappa shape index (κ2) is 8.47. The third kappa shape index (κ3) is 4.35. The molecule has 0 bridgehead atoms. The Morgan fingerprint density at radius 3 is 2.55 bits per heavy atom. The lowest BCUT2D eigenvalue weighted by Crippen LogP contribution is -2.19. The van der Waals surface area contributed by atoms with Gasteiger partial charge in [-0.1, -0.05) is 32.1 Å². The van der Waals surface area contributed by atoms with Crippen LogP contribution < -0.4 is 5.56 Å². The van der Waals surface area contributed by atoms with Gasteiger partial charge in [-0.3, -0.25) is 9.36 Å². The molecule has 0 aliphatic rings. The van der Waals surface area contributed by atoms with E-state index >= 15 is 0 Å². The summed E-state index contributed by atoms with van der Waals surface area (Å²) in [6.45, 7) is 0.788. The summed E-state index contributed by atoms with van der Waals surface area (Å²) in [5.41, 5.74) is 0.930. The Balaban J connectivity index is 1.71. The molecule has 2 aromatic rings. The number of rotatable bonds is 9. The van der Waals surface area contributed by atoms with Crippen LogP contribution in [-0.2, 0) is 6.54 Å². The van der Waals surface area contributed by atoms with Crippen LogP contribution in [0.2, 0.25) is 0 Å². The second-order valence-corrected chi connectivity index (χ2v) is 6.44. The van der Waals surface area contributed by atoms with E-state index in [1.807, 2.05) is 11.4 Å². The van der Waals surface area contributed by atoms with Gasteiger partial charge >= 0.3 is 0 Å². The van der Waals surface area contributed by atoms with Gasteiger partial charge in [-0.15, -0.1) is 11.3 Å². The summed E-state index contributed by atoms with van der Waals surface area (Å²) in [5, 5.41) is 1.92. The molecule has 0 saturated heterocycles. The Morgan fingerprint density at radius 1 is 1.10 bits per heavy atom. The molecule has 0 amide bonds. The number of fused-ring (bicyclic) bond motifs is 1. The summed E-state index contributed by atoms with van der Waals surface area (Å²) in [5.74, 6) is 1.00. The molecule has 0 N–H and O–H groups in total. The zero-order valence-electron chi connectivity index (χ0n) is 11.8. The molecule has 0 aromatic carbocycles. The predicted molar refractivity (Wildman–Crippen MR) is 90.1 cm³/mol. The van der Waals surface area contributed by atoms with Gasteiger partial charge in [0.15, 0.2) is 0 Å². The van der Waals surface area contributed by atoms with E-state index in [2.05, 4.69) is 17.6 Å². The molecule has 0 saturated carbocycles. The molecule has 3 nitrogen and oxygen atoms in total. The summed E-state index contributed by atoms with van der Waals surface area (Å²) >= 11 is 5.69. The normalized spacial score (nSPS) is 11.2. The Hall–Kier alpha value is -0.810. The highest BCUT2D eigenvalue weighted by Gasteiger charge is 2.04. The molecule has 0 radical (unpaired) electrons. The summed E-state index contributed by atoms with van der Waals surface area (Å²) in [6.07, 6.45) is 10.3. The van der Waals surface area contributed by atoms with E-state index in [9.17, 15) is 4.79 Å². The summed E-state index contributed by atoms with van der Waals surface area (Å²) in [7, 11) is 0. The number of unbranched alkanes of at least 4 members (excludes halogenated alkanes) is 6. The van der Waals surface area contributed by atoms with Crippen molar-refractivity contribution in [2.24, 2.45) is 0 Å². The maximum Gasteiger partial charge on any atom is 0.271 e. The average Bonchev–Trinajstić information content (AvgIpc) is 2.93. The summed E-state index contributed by atoms with van der Waals surface area (Å²) in [6, 6.07) is 1.90. The van der Waals surface area contributed by atoms with Gasteiger partial charge in [-0.05, 0) is 30.0 Å². The minimum absolute atomic E-state index is 0.110. The monoisotopic (exact) mass is 310 g/mol. The van der Waals surface area contributed by atoms with Crippen molar-refractivity contribution < 1.29 is 0 Å². The molecule has 0 aliphatic carbocycles. The summed E-state index contributed by atoms with van der Waals surface area (Å²) < 4.78 is 2.53. The molecule has 0 spiro atoms. The van der Waals surface area contributed by atoms with Gasteiger partial charge in [0.25, 0.3) is 5.56 Å². The van der Waals surface area contributed by atoms with Crippen molar-refractivity contribution in [2.45, 2.75) is 51.5 Å². The number of thiophene rings is 1. The second-order valence-electron chi connectivity index (χ2n) is 5.08. The van der Waals surface area contributed by atoms with E-state index in [1.165, 1.54) is 49.9 Å². The van der Waals surface area contributed by atoms with Crippen molar-refractivity contribution in [3.8, 4) is 0 Å². The molecule has 0 aliphatic heterocycles. The van der Waals surface area contributed by atoms with Gasteiger partial charge in [-0.25, -0.2) is 4.98 Å². The topological polar surface area (TPSA) is 34.9 Å². The van der Waals surface area contributed by atoms with Crippen LogP contribution in [0, 0.1) is 0 Å². The van der Waals surface area contributed by atoms with Crippen LogP contribution in [-0.4, -0.2) is 15.3 Å². The standard InChI is InChI=1S/C15H22N2OS2/c18-15-14-13(8-11-20-14)16-12-17(15)9-6-4-2-1-3-5-7-10-19/h8,11-12,19H,1-7,9-10H2. The van der Waals surface area contributed by atoms with Gasteiger partial charge in [0.05, 0.1) is 11.8 Å². The molecule has 5 heteroatoms. The van der Waals surface area contributed by atoms with Crippen molar-refractivity contribution in [1.82, 2.24) is 9.55 Å². The fourth-order valence-electron chi connectivity index (χ4n) is 2.32. The Morgan fingerprint density at radius 2 is 1.80 bits per heavy atom. The Bertz CT molecular complexity index is 577. The first-order valence-electron chi connectivity index (χ1n) is 7.36. The van der Waals surface area contributed by atoms with Crippen molar-refractivity contribution in [3.63, 3.8) is 0 Å². The summed E-state index contributed by atoms with van der Waals surface area (Å²) in [4.78, 5) is 16.5. The molecule has 0 atom stereocenters. The molecule has 2 heterocycles. The number of aromatic nitrogens is 2. The van der Waals surface area contributed by atoms with Crippen LogP contribution in [0.1, 0.15) is 44.9 Å². The molecule has 2 rings (SSSR count). The van der Waals surface area contributed by atoms with E-state index in [1.54, 1.807) is 10.9 Å². The molecular formula is C15H22N2OS2. The molecule has 2 aromatic heterocycles. The zero-order valence-corrected chi connectivity index (χ0v) is 13.5. The lowest BCUT2D eigenvalue weighted by atomic mass is 10.1. The van der Waals surface area contributed by atoms with Crippen molar-refractivity contribution >= 4 is 34.2 Å². The van der Waals surface area contributed by atoms with Gasteiger partial charge in [0, 0.05) is 6.54 Å². The van der Waals surface area contributed by atoms with E-state index in [0.29, 0.717) is 0 Å². The number of thiol groups is 1. The number of aryl methyl sites for hydroxylation is 1.